The van der Waals surface area contributed by atoms with Crippen molar-refractivity contribution >= 4 is 17.4 Å². The van der Waals surface area contributed by atoms with Crippen LogP contribution in [-0.4, -0.2) is 23.9 Å². The first-order chi connectivity index (χ1) is 10.3. The molecule has 0 saturated heterocycles. The summed E-state index contributed by atoms with van der Waals surface area (Å²) in [5.41, 5.74) is 1.83. The molecule has 0 spiro atoms. The standard InChI is InChI=1S/C16H16ClN3O/c17-14-7-2-1-5-12(14)11-21-16-13(6-3-8-20-16)15-18-9-4-10-19-15/h1-3,5-8H,4,9-11H2,(H,18,19). The Balaban J connectivity index is 1.80. The highest BCUT2D eigenvalue weighted by Gasteiger charge is 2.14. The summed E-state index contributed by atoms with van der Waals surface area (Å²) in [4.78, 5) is 8.80. The van der Waals surface area contributed by atoms with Crippen molar-refractivity contribution in [3.05, 3.63) is 58.7 Å². The molecular formula is C16H16ClN3O. The molecule has 0 amide bonds. The van der Waals surface area contributed by atoms with Crippen molar-refractivity contribution in [1.29, 1.82) is 0 Å². The van der Waals surface area contributed by atoms with Gasteiger partial charge in [-0.15, -0.1) is 0 Å². The van der Waals surface area contributed by atoms with Gasteiger partial charge in [0.25, 0.3) is 0 Å². The maximum absolute atomic E-state index is 6.14. The van der Waals surface area contributed by atoms with Gasteiger partial charge in [-0.3, -0.25) is 4.99 Å². The fraction of sp³-hybridized carbons (Fsp3) is 0.250. The summed E-state index contributed by atoms with van der Waals surface area (Å²) >= 11 is 6.14. The second-order valence-corrected chi connectivity index (χ2v) is 5.15. The molecular weight excluding hydrogens is 286 g/mol. The SMILES string of the molecule is Clc1ccccc1COc1ncccc1C1=NCCCN1. The predicted molar refractivity (Wildman–Crippen MR) is 84.0 cm³/mol. The predicted octanol–water partition coefficient (Wildman–Crippen LogP) is 3.05. The van der Waals surface area contributed by atoms with Gasteiger partial charge in [-0.25, -0.2) is 4.98 Å². The molecule has 108 valence electrons. The second kappa shape index (κ2) is 6.59. The lowest BCUT2D eigenvalue weighted by Gasteiger charge is -2.17. The molecule has 0 unspecified atom stereocenters. The van der Waals surface area contributed by atoms with Gasteiger partial charge in [0.15, 0.2) is 0 Å². The Kier molecular flexibility index (Phi) is 4.36. The molecule has 1 N–H and O–H groups in total. The largest absolute Gasteiger partial charge is 0.472 e. The first kappa shape index (κ1) is 13.9. The van der Waals surface area contributed by atoms with Gasteiger partial charge in [0, 0.05) is 29.9 Å². The Morgan fingerprint density at radius 1 is 1.19 bits per heavy atom. The molecule has 4 nitrogen and oxygen atoms in total. The smallest absolute Gasteiger partial charge is 0.224 e. The quantitative estimate of drug-likeness (QED) is 0.944. The number of benzene rings is 1. The van der Waals surface area contributed by atoms with Crippen LogP contribution in [0.15, 0.2) is 47.6 Å². The number of pyridine rings is 1. The van der Waals surface area contributed by atoms with Gasteiger partial charge in [-0.05, 0) is 24.6 Å². The zero-order valence-corrected chi connectivity index (χ0v) is 12.3. The number of amidine groups is 1. The van der Waals surface area contributed by atoms with E-state index < -0.39 is 0 Å². The van der Waals surface area contributed by atoms with Gasteiger partial charge in [-0.1, -0.05) is 29.8 Å². The fourth-order valence-corrected chi connectivity index (χ4v) is 2.35. The van der Waals surface area contributed by atoms with Crippen LogP contribution in [0, 0.1) is 0 Å². The highest BCUT2D eigenvalue weighted by Crippen LogP contribution is 2.20. The lowest BCUT2D eigenvalue weighted by Crippen LogP contribution is -2.30. The van der Waals surface area contributed by atoms with E-state index in [4.69, 9.17) is 16.3 Å². The molecule has 2 aromatic rings. The zero-order valence-electron chi connectivity index (χ0n) is 11.6. The van der Waals surface area contributed by atoms with Crippen LogP contribution in [-0.2, 0) is 6.61 Å². The zero-order chi connectivity index (χ0) is 14.5. The summed E-state index contributed by atoms with van der Waals surface area (Å²) in [6, 6.07) is 11.5. The van der Waals surface area contributed by atoms with E-state index in [-0.39, 0.29) is 0 Å². The van der Waals surface area contributed by atoms with Crippen molar-refractivity contribution in [3.8, 4) is 5.88 Å². The third kappa shape index (κ3) is 3.34. The van der Waals surface area contributed by atoms with Crippen LogP contribution < -0.4 is 10.1 Å². The van der Waals surface area contributed by atoms with Crippen molar-refractivity contribution < 1.29 is 4.74 Å². The molecule has 1 aliphatic heterocycles. The minimum absolute atomic E-state index is 0.386. The summed E-state index contributed by atoms with van der Waals surface area (Å²) in [5, 5.41) is 3.99. The maximum atomic E-state index is 6.14. The Morgan fingerprint density at radius 2 is 2.10 bits per heavy atom. The summed E-state index contributed by atoms with van der Waals surface area (Å²) in [5.74, 6) is 1.43. The van der Waals surface area contributed by atoms with Gasteiger partial charge in [0.2, 0.25) is 5.88 Å². The fourth-order valence-electron chi connectivity index (χ4n) is 2.16. The Hall–Kier alpha value is -2.07. The third-order valence-corrected chi connectivity index (χ3v) is 3.61. The van der Waals surface area contributed by atoms with Gasteiger partial charge in [0.1, 0.15) is 12.4 Å². The van der Waals surface area contributed by atoms with E-state index >= 15 is 0 Å². The maximum Gasteiger partial charge on any atom is 0.224 e. The van der Waals surface area contributed by atoms with E-state index in [2.05, 4.69) is 15.3 Å². The minimum atomic E-state index is 0.386. The minimum Gasteiger partial charge on any atom is -0.472 e. The number of nitrogens with one attached hydrogen (secondary N) is 1. The lowest BCUT2D eigenvalue weighted by molar-refractivity contribution is 0.293. The molecule has 2 heterocycles. The number of hydrogen-bond acceptors (Lipinski definition) is 4. The number of nitrogens with zero attached hydrogens (tertiary/aromatic N) is 2. The molecule has 0 atom stereocenters. The van der Waals surface area contributed by atoms with Crippen molar-refractivity contribution in [3.63, 3.8) is 0 Å². The average Bonchev–Trinajstić information content (AvgIpc) is 2.55. The van der Waals surface area contributed by atoms with Crippen LogP contribution >= 0.6 is 11.6 Å². The lowest BCUT2D eigenvalue weighted by atomic mass is 10.2. The summed E-state index contributed by atoms with van der Waals surface area (Å²) in [7, 11) is 0. The van der Waals surface area contributed by atoms with E-state index in [1.807, 2.05) is 36.4 Å². The van der Waals surface area contributed by atoms with Crippen LogP contribution in [0.3, 0.4) is 0 Å². The van der Waals surface area contributed by atoms with E-state index in [0.717, 1.165) is 36.5 Å². The molecule has 0 fully saturated rings. The van der Waals surface area contributed by atoms with E-state index in [9.17, 15) is 0 Å². The number of rotatable bonds is 4. The van der Waals surface area contributed by atoms with Crippen molar-refractivity contribution in [2.24, 2.45) is 4.99 Å². The Bertz CT molecular complexity index is 657. The van der Waals surface area contributed by atoms with Gasteiger partial charge in [-0.2, -0.15) is 0 Å². The molecule has 1 aliphatic rings. The number of halogens is 1. The first-order valence-electron chi connectivity index (χ1n) is 6.94. The van der Waals surface area contributed by atoms with Crippen molar-refractivity contribution in [1.82, 2.24) is 10.3 Å². The average molecular weight is 302 g/mol. The number of aliphatic imine (C=N–C) groups is 1. The summed E-state index contributed by atoms with van der Waals surface area (Å²) in [6.07, 6.45) is 2.77. The molecule has 0 aliphatic carbocycles. The third-order valence-electron chi connectivity index (χ3n) is 3.25. The molecule has 1 aromatic heterocycles. The summed E-state index contributed by atoms with van der Waals surface area (Å²) < 4.78 is 5.84. The Labute approximate surface area is 128 Å². The topological polar surface area (TPSA) is 46.5 Å². The van der Waals surface area contributed by atoms with Gasteiger partial charge >= 0.3 is 0 Å². The highest BCUT2D eigenvalue weighted by atomic mass is 35.5. The molecule has 0 bridgehead atoms. The van der Waals surface area contributed by atoms with Crippen LogP contribution in [0.5, 0.6) is 5.88 Å². The van der Waals surface area contributed by atoms with Crippen LogP contribution in [0.2, 0.25) is 5.02 Å². The van der Waals surface area contributed by atoms with Crippen LogP contribution in [0.4, 0.5) is 0 Å². The molecule has 3 rings (SSSR count). The molecule has 0 radical (unpaired) electrons. The highest BCUT2D eigenvalue weighted by molar-refractivity contribution is 6.31. The van der Waals surface area contributed by atoms with E-state index in [1.54, 1.807) is 6.20 Å². The molecule has 5 heteroatoms. The summed E-state index contributed by atoms with van der Waals surface area (Å²) in [6.45, 7) is 2.15. The molecule has 1 aromatic carbocycles. The van der Waals surface area contributed by atoms with Crippen molar-refractivity contribution in [2.75, 3.05) is 13.1 Å². The van der Waals surface area contributed by atoms with Crippen molar-refractivity contribution in [2.45, 2.75) is 13.0 Å². The number of hydrogen-bond donors (Lipinski definition) is 1. The van der Waals surface area contributed by atoms with Gasteiger partial charge in [0.05, 0.1) is 5.56 Å². The second-order valence-electron chi connectivity index (χ2n) is 4.75. The van der Waals surface area contributed by atoms with Gasteiger partial charge < -0.3 is 10.1 Å². The first-order valence-corrected chi connectivity index (χ1v) is 7.32. The van der Waals surface area contributed by atoms with Crippen LogP contribution in [0.25, 0.3) is 0 Å². The molecule has 0 saturated carbocycles. The van der Waals surface area contributed by atoms with E-state index in [1.165, 1.54) is 0 Å². The number of ether oxygens (including phenoxy) is 1. The monoisotopic (exact) mass is 301 g/mol. The van der Waals surface area contributed by atoms with Crippen LogP contribution in [0.1, 0.15) is 17.5 Å². The normalized spacial score (nSPS) is 14.2. The molecule has 21 heavy (non-hydrogen) atoms. The number of aromatic nitrogens is 1. The Morgan fingerprint density at radius 3 is 2.90 bits per heavy atom. The van der Waals surface area contributed by atoms with E-state index in [0.29, 0.717) is 17.5 Å².